The number of ether oxygens (including phenoxy) is 3. The third-order valence-electron chi connectivity index (χ3n) is 4.24. The van der Waals surface area contributed by atoms with Crippen LogP contribution in [0.1, 0.15) is 24.8 Å². The van der Waals surface area contributed by atoms with E-state index in [4.69, 9.17) is 4.74 Å². The lowest BCUT2D eigenvalue weighted by molar-refractivity contribution is -0.142. The number of alkyl halides is 2. The van der Waals surface area contributed by atoms with Crippen molar-refractivity contribution >= 4 is 18.0 Å². The average molecular weight is 383 g/mol. The van der Waals surface area contributed by atoms with Crippen LogP contribution in [0.25, 0.3) is 6.08 Å². The molecular weight excluding hydrogens is 360 g/mol. The fourth-order valence-electron chi connectivity index (χ4n) is 2.86. The Hall–Kier alpha value is -2.48. The summed E-state index contributed by atoms with van der Waals surface area (Å²) in [5, 5.41) is 0. The number of benzene rings is 1. The summed E-state index contributed by atoms with van der Waals surface area (Å²) >= 11 is 0. The highest BCUT2D eigenvalue weighted by Gasteiger charge is 2.25. The van der Waals surface area contributed by atoms with Gasteiger partial charge in [0.25, 0.3) is 0 Å². The molecule has 1 aliphatic heterocycles. The second kappa shape index (κ2) is 10.6. The van der Waals surface area contributed by atoms with Crippen molar-refractivity contribution in [2.45, 2.75) is 31.9 Å². The molecule has 1 fully saturated rings. The highest BCUT2D eigenvalue weighted by Crippen LogP contribution is 2.22. The van der Waals surface area contributed by atoms with Crippen LogP contribution in [-0.2, 0) is 19.1 Å². The van der Waals surface area contributed by atoms with Gasteiger partial charge < -0.3 is 19.1 Å². The minimum absolute atomic E-state index is 0.0104. The number of amides is 1. The van der Waals surface area contributed by atoms with Crippen LogP contribution in [0.3, 0.4) is 0 Å². The zero-order valence-electron chi connectivity index (χ0n) is 15.1. The third kappa shape index (κ3) is 6.63. The quantitative estimate of drug-likeness (QED) is 0.510. The van der Waals surface area contributed by atoms with Gasteiger partial charge in [0.05, 0.1) is 13.5 Å². The van der Waals surface area contributed by atoms with Gasteiger partial charge in [0.2, 0.25) is 5.91 Å². The molecule has 0 saturated carbocycles. The molecule has 1 saturated heterocycles. The predicted octanol–water partition coefficient (Wildman–Crippen LogP) is 2.87. The molecule has 1 aromatic carbocycles. The van der Waals surface area contributed by atoms with Crippen LogP contribution in [0.4, 0.5) is 8.78 Å². The van der Waals surface area contributed by atoms with Crippen LogP contribution in [0, 0.1) is 0 Å². The van der Waals surface area contributed by atoms with Gasteiger partial charge in [0.15, 0.2) is 0 Å². The van der Waals surface area contributed by atoms with E-state index in [9.17, 15) is 18.4 Å². The monoisotopic (exact) mass is 383 g/mol. The molecule has 1 aliphatic rings. The molecule has 27 heavy (non-hydrogen) atoms. The largest absolute Gasteiger partial charge is 0.469 e. The number of esters is 1. The normalized spacial score (nSPS) is 15.1. The molecule has 0 N–H and O–H groups in total. The summed E-state index contributed by atoms with van der Waals surface area (Å²) in [5.74, 6) is -0.721. The number of halogens is 2. The van der Waals surface area contributed by atoms with Gasteiger partial charge >= 0.3 is 12.6 Å². The maximum absolute atomic E-state index is 12.7. The Bertz CT molecular complexity index is 659. The van der Waals surface area contributed by atoms with Crippen LogP contribution in [0.2, 0.25) is 0 Å². The summed E-state index contributed by atoms with van der Waals surface area (Å²) in [4.78, 5) is 25.8. The summed E-state index contributed by atoms with van der Waals surface area (Å²) in [5.41, 5.74) is 0.367. The molecule has 0 bridgehead atoms. The Balaban J connectivity index is 2.12. The van der Waals surface area contributed by atoms with E-state index in [1.807, 2.05) is 0 Å². The van der Waals surface area contributed by atoms with E-state index in [0.717, 1.165) is 0 Å². The van der Waals surface area contributed by atoms with Crippen molar-refractivity contribution in [3.8, 4) is 5.75 Å². The number of para-hydroxylation sites is 1. The zero-order chi connectivity index (χ0) is 19.6. The number of hydrogen-bond donors (Lipinski definition) is 0. The molecule has 0 unspecified atom stereocenters. The Labute approximate surface area is 156 Å². The number of methoxy groups -OCH3 is 1. The molecule has 2 rings (SSSR count). The van der Waals surface area contributed by atoms with Crippen molar-refractivity contribution in [3.05, 3.63) is 35.9 Å². The smallest absolute Gasteiger partial charge is 0.387 e. The number of carbonyl (C=O) groups excluding carboxylic acids is 2. The van der Waals surface area contributed by atoms with Gasteiger partial charge in [-0.05, 0) is 25.0 Å². The van der Waals surface area contributed by atoms with Crippen LogP contribution in [-0.4, -0.2) is 56.3 Å². The Morgan fingerprint density at radius 2 is 2.00 bits per heavy atom. The van der Waals surface area contributed by atoms with Crippen molar-refractivity contribution in [3.63, 3.8) is 0 Å². The van der Waals surface area contributed by atoms with Crippen molar-refractivity contribution in [1.29, 1.82) is 0 Å². The molecule has 0 spiro atoms. The minimum Gasteiger partial charge on any atom is -0.469 e. The summed E-state index contributed by atoms with van der Waals surface area (Å²) < 4.78 is 39.4. The first-order chi connectivity index (χ1) is 13.0. The Morgan fingerprint density at radius 3 is 2.67 bits per heavy atom. The molecule has 0 radical (unpaired) electrons. The molecule has 0 aromatic heterocycles. The molecule has 1 heterocycles. The van der Waals surface area contributed by atoms with Gasteiger partial charge in [-0.3, -0.25) is 9.59 Å². The van der Waals surface area contributed by atoms with Crippen molar-refractivity contribution < 1.29 is 32.6 Å². The first-order valence-corrected chi connectivity index (χ1v) is 8.68. The average Bonchev–Trinajstić information content (AvgIpc) is 2.67. The van der Waals surface area contributed by atoms with E-state index in [2.05, 4.69) is 9.47 Å². The maximum Gasteiger partial charge on any atom is 0.387 e. The molecule has 1 aromatic rings. The molecule has 8 heteroatoms. The first kappa shape index (κ1) is 20.8. The summed E-state index contributed by atoms with van der Waals surface area (Å²) in [6.45, 7) is -1.65. The second-order valence-corrected chi connectivity index (χ2v) is 5.95. The highest BCUT2D eigenvalue weighted by atomic mass is 19.3. The van der Waals surface area contributed by atoms with Gasteiger partial charge in [-0.1, -0.05) is 18.2 Å². The van der Waals surface area contributed by atoms with E-state index in [1.165, 1.54) is 25.3 Å². The molecular formula is C19H23F2NO5. The number of carbonyl (C=O) groups is 2. The number of nitrogens with zero attached hydrogens (tertiary/aromatic N) is 1. The highest BCUT2D eigenvalue weighted by molar-refractivity contribution is 5.92. The van der Waals surface area contributed by atoms with Crippen molar-refractivity contribution in [1.82, 2.24) is 4.90 Å². The van der Waals surface area contributed by atoms with Gasteiger partial charge in [-0.15, -0.1) is 0 Å². The topological polar surface area (TPSA) is 65.1 Å². The standard InChI is InChI=1S/C19H23F2NO5/c1-25-18(24)8-11-22(15-9-12-26-13-10-15)17(23)7-6-14-4-2-3-5-16(14)27-19(20)21/h2-7,15,19H,8-13H2,1H3/b7-6-. The lowest BCUT2D eigenvalue weighted by Gasteiger charge is -2.33. The minimum atomic E-state index is -2.95. The van der Waals surface area contributed by atoms with Crippen molar-refractivity contribution in [2.75, 3.05) is 26.9 Å². The second-order valence-electron chi connectivity index (χ2n) is 5.95. The maximum atomic E-state index is 12.7. The fraction of sp³-hybridized carbons (Fsp3) is 0.474. The van der Waals surface area contributed by atoms with Gasteiger partial charge in [-0.25, -0.2) is 0 Å². The molecule has 1 amide bonds. The van der Waals surface area contributed by atoms with Crippen LogP contribution in [0.15, 0.2) is 30.3 Å². The molecule has 0 atom stereocenters. The van der Waals surface area contributed by atoms with Crippen molar-refractivity contribution in [2.24, 2.45) is 0 Å². The van der Waals surface area contributed by atoms with Gasteiger partial charge in [-0.2, -0.15) is 8.78 Å². The molecule has 0 aliphatic carbocycles. The van der Waals surface area contributed by atoms with E-state index in [-0.39, 0.29) is 30.7 Å². The zero-order valence-corrected chi connectivity index (χ0v) is 15.1. The summed E-state index contributed by atoms with van der Waals surface area (Å²) in [6.07, 6.45) is 4.17. The Morgan fingerprint density at radius 1 is 1.30 bits per heavy atom. The Kier molecular flexibility index (Phi) is 8.19. The molecule has 6 nitrogen and oxygen atoms in total. The summed E-state index contributed by atoms with van der Waals surface area (Å²) in [6, 6.07) is 6.17. The van der Waals surface area contributed by atoms with Gasteiger partial charge in [0.1, 0.15) is 5.75 Å². The van der Waals surface area contributed by atoms with Crippen LogP contribution >= 0.6 is 0 Å². The van der Waals surface area contributed by atoms with E-state index >= 15 is 0 Å². The first-order valence-electron chi connectivity index (χ1n) is 8.68. The van der Waals surface area contributed by atoms with Crippen LogP contribution < -0.4 is 4.74 Å². The van der Waals surface area contributed by atoms with E-state index in [0.29, 0.717) is 31.6 Å². The number of hydrogen-bond acceptors (Lipinski definition) is 5. The molecule has 148 valence electrons. The third-order valence-corrected chi connectivity index (χ3v) is 4.24. The van der Waals surface area contributed by atoms with Crippen LogP contribution in [0.5, 0.6) is 5.75 Å². The lowest BCUT2D eigenvalue weighted by Crippen LogP contribution is -2.43. The number of rotatable bonds is 8. The summed E-state index contributed by atoms with van der Waals surface area (Å²) in [7, 11) is 1.29. The van der Waals surface area contributed by atoms with E-state index in [1.54, 1.807) is 23.1 Å². The predicted molar refractivity (Wildman–Crippen MR) is 94.3 cm³/mol. The SMILES string of the molecule is COC(=O)CCN(C(=O)/C=C\c1ccccc1OC(F)F)C1CCOCC1. The fourth-order valence-corrected chi connectivity index (χ4v) is 2.86. The van der Waals surface area contributed by atoms with Gasteiger partial charge in [0, 0.05) is 37.4 Å². The van der Waals surface area contributed by atoms with E-state index < -0.39 is 12.6 Å². The lowest BCUT2D eigenvalue weighted by atomic mass is 10.1.